The first kappa shape index (κ1) is 23.3. The van der Waals surface area contributed by atoms with Crippen LogP contribution in [-0.2, 0) is 14.6 Å². The predicted molar refractivity (Wildman–Crippen MR) is 106 cm³/mol. The van der Waals surface area contributed by atoms with Crippen molar-refractivity contribution in [2.45, 2.75) is 30.9 Å². The Kier molecular flexibility index (Phi) is 7.87. The SMILES string of the molecule is CC[C@H](NC(=O)c1ccc(S(=O)(=O)CC(=O)NC)cc1)c1ccccc1OC(F)F. The average molecular weight is 440 g/mol. The minimum absolute atomic E-state index is 0.0321. The van der Waals surface area contributed by atoms with Crippen LogP contribution >= 0.6 is 0 Å². The average Bonchev–Trinajstić information content (AvgIpc) is 2.71. The van der Waals surface area contributed by atoms with Crippen LogP contribution in [0.1, 0.15) is 35.3 Å². The maximum Gasteiger partial charge on any atom is 0.387 e. The first-order valence-corrected chi connectivity index (χ1v) is 10.7. The maximum absolute atomic E-state index is 12.6. The lowest BCUT2D eigenvalue weighted by atomic mass is 10.0. The van der Waals surface area contributed by atoms with Gasteiger partial charge >= 0.3 is 6.61 Å². The number of rotatable bonds is 9. The molecule has 0 spiro atoms. The van der Waals surface area contributed by atoms with Gasteiger partial charge in [0.2, 0.25) is 5.91 Å². The number of amides is 2. The van der Waals surface area contributed by atoms with Gasteiger partial charge in [-0.25, -0.2) is 8.42 Å². The van der Waals surface area contributed by atoms with Crippen LogP contribution in [-0.4, -0.2) is 39.6 Å². The molecular weight excluding hydrogens is 418 g/mol. The van der Waals surface area contributed by atoms with E-state index in [1.807, 2.05) is 0 Å². The van der Waals surface area contributed by atoms with Gasteiger partial charge in [0.25, 0.3) is 5.91 Å². The molecule has 30 heavy (non-hydrogen) atoms. The van der Waals surface area contributed by atoms with Crippen molar-refractivity contribution in [2.24, 2.45) is 0 Å². The van der Waals surface area contributed by atoms with Gasteiger partial charge in [0, 0.05) is 18.2 Å². The second-order valence-corrected chi connectivity index (χ2v) is 8.30. The van der Waals surface area contributed by atoms with E-state index in [1.165, 1.54) is 37.4 Å². The first-order chi connectivity index (χ1) is 14.2. The zero-order valence-electron chi connectivity index (χ0n) is 16.4. The number of halogens is 2. The van der Waals surface area contributed by atoms with Crippen molar-refractivity contribution in [1.29, 1.82) is 0 Å². The Labute approximate surface area is 173 Å². The third kappa shape index (κ3) is 5.99. The molecule has 2 aromatic rings. The summed E-state index contributed by atoms with van der Waals surface area (Å²) in [5.41, 5.74) is 0.582. The number of sulfone groups is 1. The highest BCUT2D eigenvalue weighted by Crippen LogP contribution is 2.28. The highest BCUT2D eigenvalue weighted by atomic mass is 32.2. The van der Waals surface area contributed by atoms with Gasteiger partial charge in [-0.05, 0) is 36.8 Å². The van der Waals surface area contributed by atoms with Gasteiger partial charge in [0.15, 0.2) is 9.84 Å². The van der Waals surface area contributed by atoms with Crippen molar-refractivity contribution in [2.75, 3.05) is 12.8 Å². The zero-order valence-corrected chi connectivity index (χ0v) is 17.2. The summed E-state index contributed by atoms with van der Waals surface area (Å²) < 4.78 is 54.2. The Morgan fingerprint density at radius 2 is 1.70 bits per heavy atom. The van der Waals surface area contributed by atoms with Gasteiger partial charge in [0.1, 0.15) is 11.5 Å². The lowest BCUT2D eigenvalue weighted by Gasteiger charge is -2.20. The van der Waals surface area contributed by atoms with Crippen LogP contribution in [0.15, 0.2) is 53.4 Å². The van der Waals surface area contributed by atoms with E-state index >= 15 is 0 Å². The molecule has 2 amide bonds. The molecule has 0 aliphatic rings. The molecule has 2 aromatic carbocycles. The molecule has 7 nitrogen and oxygen atoms in total. The van der Waals surface area contributed by atoms with E-state index in [2.05, 4.69) is 15.4 Å². The van der Waals surface area contributed by atoms with E-state index in [0.717, 1.165) is 0 Å². The van der Waals surface area contributed by atoms with Crippen molar-refractivity contribution in [3.63, 3.8) is 0 Å². The van der Waals surface area contributed by atoms with Gasteiger partial charge in [-0.3, -0.25) is 9.59 Å². The summed E-state index contributed by atoms with van der Waals surface area (Å²) in [5.74, 6) is -1.89. The molecule has 0 heterocycles. The van der Waals surface area contributed by atoms with Crippen molar-refractivity contribution >= 4 is 21.7 Å². The Balaban J connectivity index is 2.18. The third-order valence-corrected chi connectivity index (χ3v) is 5.93. The molecule has 2 rings (SSSR count). The highest BCUT2D eigenvalue weighted by Gasteiger charge is 2.21. The quantitative estimate of drug-likeness (QED) is 0.624. The van der Waals surface area contributed by atoms with E-state index in [4.69, 9.17) is 0 Å². The standard InChI is InChI=1S/C20H22F2N2O5S/c1-3-16(15-6-4-5-7-17(15)29-20(21)22)24-19(26)13-8-10-14(11-9-13)30(27,28)12-18(25)23-2/h4-11,16,20H,3,12H2,1-2H3,(H,23,25)(H,24,26)/t16-/m0/s1. The summed E-state index contributed by atoms with van der Waals surface area (Å²) in [4.78, 5) is 23.8. The van der Waals surface area contributed by atoms with Crippen LogP contribution in [0, 0.1) is 0 Å². The van der Waals surface area contributed by atoms with E-state index in [9.17, 15) is 26.8 Å². The minimum atomic E-state index is -3.83. The summed E-state index contributed by atoms with van der Waals surface area (Å²) in [6.45, 7) is -1.22. The van der Waals surface area contributed by atoms with Gasteiger partial charge in [-0.15, -0.1) is 0 Å². The van der Waals surface area contributed by atoms with Crippen LogP contribution in [0.4, 0.5) is 8.78 Å². The Morgan fingerprint density at radius 3 is 2.27 bits per heavy atom. The molecule has 0 aliphatic carbocycles. The smallest absolute Gasteiger partial charge is 0.387 e. The Morgan fingerprint density at radius 1 is 1.07 bits per heavy atom. The number of para-hydroxylation sites is 1. The number of carbonyl (C=O) groups is 2. The molecule has 162 valence electrons. The van der Waals surface area contributed by atoms with Crippen molar-refractivity contribution in [1.82, 2.24) is 10.6 Å². The lowest BCUT2D eigenvalue weighted by Crippen LogP contribution is -2.29. The second kappa shape index (κ2) is 10.1. The number of ether oxygens (including phenoxy) is 1. The molecule has 2 N–H and O–H groups in total. The molecule has 0 radical (unpaired) electrons. The fourth-order valence-electron chi connectivity index (χ4n) is 2.75. The van der Waals surface area contributed by atoms with E-state index in [1.54, 1.807) is 25.1 Å². The zero-order chi connectivity index (χ0) is 22.3. The first-order valence-electron chi connectivity index (χ1n) is 9.06. The van der Waals surface area contributed by atoms with Crippen LogP contribution < -0.4 is 15.4 Å². The number of benzene rings is 2. The van der Waals surface area contributed by atoms with Crippen LogP contribution in [0.25, 0.3) is 0 Å². The number of nitrogens with one attached hydrogen (secondary N) is 2. The Bertz CT molecular complexity index is 995. The maximum atomic E-state index is 12.6. The number of alkyl halides is 2. The summed E-state index contributed by atoms with van der Waals surface area (Å²) in [5, 5.41) is 4.98. The van der Waals surface area contributed by atoms with E-state index in [0.29, 0.717) is 12.0 Å². The summed E-state index contributed by atoms with van der Waals surface area (Å²) in [6.07, 6.45) is 0.411. The molecule has 0 unspecified atom stereocenters. The fourth-order valence-corrected chi connectivity index (χ4v) is 3.96. The van der Waals surface area contributed by atoms with Gasteiger partial charge in [-0.2, -0.15) is 8.78 Å². The topological polar surface area (TPSA) is 102 Å². The molecule has 0 saturated carbocycles. The minimum Gasteiger partial charge on any atom is -0.434 e. The Hall–Kier alpha value is -3.01. The molecule has 0 aromatic heterocycles. The molecule has 0 bridgehead atoms. The second-order valence-electron chi connectivity index (χ2n) is 6.31. The monoisotopic (exact) mass is 440 g/mol. The predicted octanol–water partition coefficient (Wildman–Crippen LogP) is 2.69. The van der Waals surface area contributed by atoms with Crippen molar-refractivity contribution in [3.05, 3.63) is 59.7 Å². The molecule has 1 atom stereocenters. The van der Waals surface area contributed by atoms with Crippen LogP contribution in [0.5, 0.6) is 5.75 Å². The van der Waals surface area contributed by atoms with Crippen LogP contribution in [0.3, 0.4) is 0 Å². The lowest BCUT2D eigenvalue weighted by molar-refractivity contribution is -0.118. The van der Waals surface area contributed by atoms with E-state index < -0.39 is 40.1 Å². The number of hydrogen-bond donors (Lipinski definition) is 2. The van der Waals surface area contributed by atoms with Crippen molar-refractivity contribution in [3.8, 4) is 5.75 Å². The number of carbonyl (C=O) groups excluding carboxylic acids is 2. The molecular formula is C20H22F2N2O5S. The molecule has 0 fully saturated rings. The third-order valence-electron chi connectivity index (χ3n) is 4.30. The highest BCUT2D eigenvalue weighted by molar-refractivity contribution is 7.92. The van der Waals surface area contributed by atoms with Gasteiger partial charge in [-0.1, -0.05) is 25.1 Å². The molecule has 0 saturated heterocycles. The summed E-state index contributed by atoms with van der Waals surface area (Å²) in [7, 11) is -2.50. The fraction of sp³-hybridized carbons (Fsp3) is 0.300. The van der Waals surface area contributed by atoms with Crippen LogP contribution in [0.2, 0.25) is 0 Å². The molecule has 10 heteroatoms. The normalized spacial score (nSPS) is 12.3. The summed E-state index contributed by atoms with van der Waals surface area (Å²) in [6, 6.07) is 10.7. The molecule has 0 aliphatic heterocycles. The summed E-state index contributed by atoms with van der Waals surface area (Å²) >= 11 is 0. The van der Waals surface area contributed by atoms with E-state index in [-0.39, 0.29) is 16.2 Å². The van der Waals surface area contributed by atoms with Crippen molar-refractivity contribution < 1.29 is 31.5 Å². The largest absolute Gasteiger partial charge is 0.434 e. The van der Waals surface area contributed by atoms with Gasteiger partial charge < -0.3 is 15.4 Å². The number of hydrogen-bond acceptors (Lipinski definition) is 5. The van der Waals surface area contributed by atoms with Gasteiger partial charge in [0.05, 0.1) is 10.9 Å².